The molecule has 0 aliphatic carbocycles. The second kappa shape index (κ2) is 4.27. The Morgan fingerprint density at radius 1 is 1.27 bits per heavy atom. The summed E-state index contributed by atoms with van der Waals surface area (Å²) in [4.78, 5) is 9.23. The Morgan fingerprint density at radius 2 is 1.93 bits per heavy atom. The lowest BCUT2D eigenvalue weighted by Crippen LogP contribution is -2.17. The van der Waals surface area contributed by atoms with Crippen molar-refractivity contribution < 1.29 is 0 Å². The average Bonchev–Trinajstić information content (AvgIpc) is 2.69. The van der Waals surface area contributed by atoms with Crippen molar-refractivity contribution in [2.75, 3.05) is 6.54 Å². The topological polar surface area (TPSA) is 37.8 Å². The van der Waals surface area contributed by atoms with Gasteiger partial charge in [0.15, 0.2) is 0 Å². The lowest BCUT2D eigenvalue weighted by atomic mass is 10.1. The lowest BCUT2D eigenvalue weighted by Gasteiger charge is -2.13. The van der Waals surface area contributed by atoms with E-state index in [1.54, 1.807) is 0 Å². The molecule has 0 radical (unpaired) electrons. The Morgan fingerprint density at radius 3 is 2.40 bits per heavy atom. The van der Waals surface area contributed by atoms with E-state index in [0.29, 0.717) is 6.04 Å². The van der Waals surface area contributed by atoms with Gasteiger partial charge in [-0.15, -0.1) is 0 Å². The molecule has 0 bridgehead atoms. The smallest absolute Gasteiger partial charge is 0.145 e. The molecule has 3 nitrogen and oxygen atoms in total. The van der Waals surface area contributed by atoms with Gasteiger partial charge >= 0.3 is 0 Å². The molecule has 15 heavy (non-hydrogen) atoms. The first-order valence-corrected chi connectivity index (χ1v) is 5.79. The maximum Gasteiger partial charge on any atom is 0.145 e. The minimum Gasteiger partial charge on any atom is -0.307 e. The second-order valence-electron chi connectivity index (χ2n) is 4.23. The van der Waals surface area contributed by atoms with Gasteiger partial charge in [-0.25, -0.2) is 9.97 Å². The molecule has 3 heteroatoms. The van der Waals surface area contributed by atoms with Gasteiger partial charge in [0.25, 0.3) is 0 Å². The zero-order chi connectivity index (χ0) is 10.8. The van der Waals surface area contributed by atoms with Crippen LogP contribution in [0.5, 0.6) is 0 Å². The van der Waals surface area contributed by atoms with Crippen LogP contribution in [0.2, 0.25) is 0 Å². The van der Waals surface area contributed by atoms with Crippen molar-refractivity contribution in [3.05, 3.63) is 22.8 Å². The molecule has 1 aromatic heterocycles. The first kappa shape index (κ1) is 10.6. The summed E-state index contributed by atoms with van der Waals surface area (Å²) < 4.78 is 0. The van der Waals surface area contributed by atoms with E-state index in [-0.39, 0.29) is 0 Å². The monoisotopic (exact) mass is 205 g/mol. The highest BCUT2D eigenvalue weighted by Crippen LogP contribution is 2.21. The van der Waals surface area contributed by atoms with E-state index in [4.69, 9.17) is 0 Å². The highest BCUT2D eigenvalue weighted by molar-refractivity contribution is 5.25. The SMILES string of the molecule is CCc1c(C)nc(C2CCCN2)nc1C. The number of rotatable bonds is 2. The van der Waals surface area contributed by atoms with Gasteiger partial charge in [-0.3, -0.25) is 0 Å². The van der Waals surface area contributed by atoms with Gasteiger partial charge in [0.05, 0.1) is 6.04 Å². The summed E-state index contributed by atoms with van der Waals surface area (Å²) in [6, 6.07) is 0.383. The van der Waals surface area contributed by atoms with Crippen LogP contribution in [-0.4, -0.2) is 16.5 Å². The number of hydrogen-bond donors (Lipinski definition) is 1. The van der Waals surface area contributed by atoms with E-state index >= 15 is 0 Å². The van der Waals surface area contributed by atoms with Crippen molar-refractivity contribution in [3.8, 4) is 0 Å². The summed E-state index contributed by atoms with van der Waals surface area (Å²) in [6.07, 6.45) is 3.43. The zero-order valence-corrected chi connectivity index (χ0v) is 9.80. The van der Waals surface area contributed by atoms with Gasteiger partial charge in [-0.05, 0) is 45.2 Å². The fraction of sp³-hybridized carbons (Fsp3) is 0.667. The zero-order valence-electron chi connectivity index (χ0n) is 9.80. The third kappa shape index (κ3) is 2.02. The molecule has 1 aliphatic rings. The van der Waals surface area contributed by atoms with Crippen LogP contribution >= 0.6 is 0 Å². The third-order valence-electron chi connectivity index (χ3n) is 3.16. The highest BCUT2D eigenvalue weighted by Gasteiger charge is 2.20. The Kier molecular flexibility index (Phi) is 3.00. The molecule has 82 valence electrons. The molecule has 0 amide bonds. The van der Waals surface area contributed by atoms with Gasteiger partial charge < -0.3 is 5.32 Å². The van der Waals surface area contributed by atoms with E-state index in [0.717, 1.165) is 30.2 Å². The van der Waals surface area contributed by atoms with Gasteiger partial charge in [-0.2, -0.15) is 0 Å². The lowest BCUT2D eigenvalue weighted by molar-refractivity contribution is 0.597. The Labute approximate surface area is 91.3 Å². The first-order chi connectivity index (χ1) is 7.22. The van der Waals surface area contributed by atoms with Crippen LogP contribution in [0.4, 0.5) is 0 Å². The molecule has 0 aromatic carbocycles. The summed E-state index contributed by atoms with van der Waals surface area (Å²) >= 11 is 0. The minimum atomic E-state index is 0.383. The van der Waals surface area contributed by atoms with Crippen molar-refractivity contribution in [2.24, 2.45) is 0 Å². The number of hydrogen-bond acceptors (Lipinski definition) is 3. The molecule has 1 N–H and O–H groups in total. The average molecular weight is 205 g/mol. The van der Waals surface area contributed by atoms with E-state index in [2.05, 4.69) is 36.1 Å². The van der Waals surface area contributed by atoms with E-state index < -0.39 is 0 Å². The summed E-state index contributed by atoms with van der Waals surface area (Å²) in [6.45, 7) is 7.44. The van der Waals surface area contributed by atoms with E-state index in [1.807, 2.05) is 0 Å². The Hall–Kier alpha value is -0.960. The molecule has 1 atom stereocenters. The predicted octanol–water partition coefficient (Wildman–Crippen LogP) is 2.08. The molecular weight excluding hydrogens is 186 g/mol. The van der Waals surface area contributed by atoms with Crippen molar-refractivity contribution in [3.63, 3.8) is 0 Å². The number of aryl methyl sites for hydroxylation is 2. The van der Waals surface area contributed by atoms with Crippen LogP contribution in [0, 0.1) is 13.8 Å². The Bertz CT molecular complexity index is 331. The number of nitrogens with one attached hydrogen (secondary N) is 1. The predicted molar refractivity (Wildman–Crippen MR) is 60.9 cm³/mol. The molecule has 1 aliphatic heterocycles. The van der Waals surface area contributed by atoms with Gasteiger partial charge in [0.2, 0.25) is 0 Å². The fourth-order valence-corrected chi connectivity index (χ4v) is 2.34. The van der Waals surface area contributed by atoms with Crippen molar-refractivity contribution >= 4 is 0 Å². The minimum absolute atomic E-state index is 0.383. The van der Waals surface area contributed by atoms with Crippen LogP contribution in [0.15, 0.2) is 0 Å². The molecule has 2 heterocycles. The molecule has 0 spiro atoms. The molecule has 1 unspecified atom stereocenters. The molecule has 2 rings (SSSR count). The molecule has 0 saturated carbocycles. The van der Waals surface area contributed by atoms with Crippen LogP contribution in [-0.2, 0) is 6.42 Å². The molecule has 1 aromatic rings. The van der Waals surface area contributed by atoms with Crippen LogP contribution in [0.25, 0.3) is 0 Å². The first-order valence-electron chi connectivity index (χ1n) is 5.79. The Balaban J connectivity index is 2.33. The van der Waals surface area contributed by atoms with Crippen LogP contribution < -0.4 is 5.32 Å². The molecule has 1 saturated heterocycles. The second-order valence-corrected chi connectivity index (χ2v) is 4.23. The molecular formula is C12H19N3. The van der Waals surface area contributed by atoms with Gasteiger partial charge in [-0.1, -0.05) is 6.92 Å². The standard InChI is InChI=1S/C12H19N3/c1-4-10-8(2)14-12(15-9(10)3)11-6-5-7-13-11/h11,13H,4-7H2,1-3H3. The number of aromatic nitrogens is 2. The summed E-state index contributed by atoms with van der Waals surface area (Å²) in [5.74, 6) is 0.986. The quantitative estimate of drug-likeness (QED) is 0.803. The normalized spacial score (nSPS) is 20.9. The summed E-state index contributed by atoms with van der Waals surface area (Å²) in [7, 11) is 0. The summed E-state index contributed by atoms with van der Waals surface area (Å²) in [5.41, 5.74) is 3.60. The van der Waals surface area contributed by atoms with E-state index in [9.17, 15) is 0 Å². The number of nitrogens with zero attached hydrogens (tertiary/aromatic N) is 2. The fourth-order valence-electron chi connectivity index (χ4n) is 2.34. The van der Waals surface area contributed by atoms with Gasteiger partial charge in [0.1, 0.15) is 5.82 Å². The molecule has 1 fully saturated rings. The van der Waals surface area contributed by atoms with Crippen LogP contribution in [0.1, 0.15) is 48.6 Å². The van der Waals surface area contributed by atoms with Crippen molar-refractivity contribution in [2.45, 2.75) is 46.1 Å². The highest BCUT2D eigenvalue weighted by atomic mass is 15.0. The van der Waals surface area contributed by atoms with Crippen molar-refractivity contribution in [1.29, 1.82) is 0 Å². The van der Waals surface area contributed by atoms with Gasteiger partial charge in [0, 0.05) is 11.4 Å². The largest absolute Gasteiger partial charge is 0.307 e. The summed E-state index contributed by atoms with van der Waals surface area (Å²) in [5, 5.41) is 3.44. The van der Waals surface area contributed by atoms with Crippen molar-refractivity contribution in [1.82, 2.24) is 15.3 Å². The van der Waals surface area contributed by atoms with E-state index in [1.165, 1.54) is 18.4 Å². The third-order valence-corrected chi connectivity index (χ3v) is 3.16. The van der Waals surface area contributed by atoms with Crippen LogP contribution in [0.3, 0.4) is 0 Å². The maximum absolute atomic E-state index is 4.61. The maximum atomic E-state index is 4.61.